The van der Waals surface area contributed by atoms with Gasteiger partial charge in [-0.15, -0.1) is 0 Å². The van der Waals surface area contributed by atoms with Crippen molar-refractivity contribution in [1.82, 2.24) is 0 Å². The van der Waals surface area contributed by atoms with Crippen molar-refractivity contribution in [2.24, 2.45) is 5.14 Å². The molecule has 1 atom stereocenters. The van der Waals surface area contributed by atoms with Crippen LogP contribution in [0.2, 0.25) is 0 Å². The number of ether oxygens (including phenoxy) is 1. The van der Waals surface area contributed by atoms with Crippen LogP contribution in [0.1, 0.15) is 31.7 Å². The van der Waals surface area contributed by atoms with Crippen LogP contribution in [0.3, 0.4) is 0 Å². The number of sulfonamides is 1. The number of hydrogen-bond acceptors (Lipinski definition) is 3. The van der Waals surface area contributed by atoms with Crippen molar-refractivity contribution < 1.29 is 21.9 Å². The number of primary sulfonamides is 1. The number of alkyl halides is 2. The third kappa shape index (κ3) is 4.43. The minimum atomic E-state index is -3.82. The zero-order valence-corrected chi connectivity index (χ0v) is 11.6. The molecule has 0 heterocycles. The van der Waals surface area contributed by atoms with E-state index < -0.39 is 23.1 Å². The largest absolute Gasteiger partial charge is 0.487 e. The molecule has 0 aliphatic carbocycles. The highest BCUT2D eigenvalue weighted by Gasteiger charge is 2.16. The molecule has 0 bridgehead atoms. The SMILES string of the molecule is CCC(C)c1cc(S(N)(=O)=O)ccc1OCC(F)F. The lowest BCUT2D eigenvalue weighted by Gasteiger charge is -2.16. The van der Waals surface area contributed by atoms with Gasteiger partial charge in [0.1, 0.15) is 12.4 Å². The normalized spacial score (nSPS) is 13.6. The summed E-state index contributed by atoms with van der Waals surface area (Å²) < 4.78 is 51.9. The summed E-state index contributed by atoms with van der Waals surface area (Å²) in [6, 6.07) is 4.00. The average Bonchev–Trinajstić information content (AvgIpc) is 2.34. The van der Waals surface area contributed by atoms with Gasteiger partial charge in [0.05, 0.1) is 4.90 Å². The van der Waals surface area contributed by atoms with E-state index in [0.29, 0.717) is 5.56 Å². The zero-order valence-electron chi connectivity index (χ0n) is 10.8. The number of hydrogen-bond donors (Lipinski definition) is 1. The van der Waals surface area contributed by atoms with Crippen LogP contribution in [0.25, 0.3) is 0 Å². The first-order valence-electron chi connectivity index (χ1n) is 5.83. The van der Waals surface area contributed by atoms with Crippen molar-refractivity contribution in [2.45, 2.75) is 37.5 Å². The summed E-state index contributed by atoms with van der Waals surface area (Å²) in [5.41, 5.74) is 0.565. The van der Waals surface area contributed by atoms with E-state index >= 15 is 0 Å². The Balaban J connectivity index is 3.17. The van der Waals surface area contributed by atoms with Gasteiger partial charge in [-0.1, -0.05) is 13.8 Å². The molecule has 0 saturated carbocycles. The minimum Gasteiger partial charge on any atom is -0.487 e. The summed E-state index contributed by atoms with van der Waals surface area (Å²) in [6.45, 7) is 3.04. The standard InChI is InChI=1S/C12H17F2NO3S/c1-3-8(2)10-6-9(19(15,16)17)4-5-11(10)18-7-12(13)14/h4-6,8,12H,3,7H2,1-2H3,(H2,15,16,17). The Morgan fingerprint density at radius 2 is 2.00 bits per heavy atom. The molecule has 7 heteroatoms. The molecular weight excluding hydrogens is 276 g/mol. The second-order valence-electron chi connectivity index (χ2n) is 4.26. The topological polar surface area (TPSA) is 69.4 Å². The maximum Gasteiger partial charge on any atom is 0.272 e. The molecule has 0 fully saturated rings. The highest BCUT2D eigenvalue weighted by atomic mass is 32.2. The highest BCUT2D eigenvalue weighted by molar-refractivity contribution is 7.89. The number of halogens is 2. The summed E-state index contributed by atoms with van der Waals surface area (Å²) in [4.78, 5) is -0.0489. The molecule has 0 amide bonds. The van der Waals surface area contributed by atoms with Gasteiger partial charge in [0.25, 0.3) is 6.43 Å². The van der Waals surface area contributed by atoms with E-state index in [4.69, 9.17) is 9.88 Å². The molecule has 1 unspecified atom stereocenters. The molecule has 19 heavy (non-hydrogen) atoms. The summed E-state index contributed by atoms with van der Waals surface area (Å²) in [6.07, 6.45) is -1.86. The van der Waals surface area contributed by atoms with Gasteiger partial charge >= 0.3 is 0 Å². The predicted octanol–water partition coefficient (Wildman–Crippen LogP) is 2.49. The van der Waals surface area contributed by atoms with Crippen molar-refractivity contribution in [3.63, 3.8) is 0 Å². The van der Waals surface area contributed by atoms with Crippen LogP contribution in [0.4, 0.5) is 8.78 Å². The lowest BCUT2D eigenvalue weighted by Crippen LogP contribution is -2.14. The summed E-state index contributed by atoms with van der Waals surface area (Å²) in [7, 11) is -3.82. The van der Waals surface area contributed by atoms with E-state index in [2.05, 4.69) is 0 Å². The first kappa shape index (κ1) is 15.8. The molecule has 1 rings (SSSR count). The molecule has 1 aromatic carbocycles. The van der Waals surface area contributed by atoms with E-state index in [1.165, 1.54) is 18.2 Å². The number of benzene rings is 1. The maximum absolute atomic E-state index is 12.2. The fourth-order valence-electron chi connectivity index (χ4n) is 1.59. The molecule has 0 aliphatic rings. The van der Waals surface area contributed by atoms with E-state index in [0.717, 1.165) is 6.42 Å². The van der Waals surface area contributed by atoms with E-state index in [9.17, 15) is 17.2 Å². The third-order valence-electron chi connectivity index (χ3n) is 2.82. The smallest absolute Gasteiger partial charge is 0.272 e. The molecule has 4 nitrogen and oxygen atoms in total. The van der Waals surface area contributed by atoms with Crippen molar-refractivity contribution in [2.75, 3.05) is 6.61 Å². The predicted molar refractivity (Wildman–Crippen MR) is 68.0 cm³/mol. The average molecular weight is 293 g/mol. The van der Waals surface area contributed by atoms with Gasteiger partial charge in [-0.05, 0) is 36.1 Å². The monoisotopic (exact) mass is 293 g/mol. The second kappa shape index (κ2) is 6.29. The Kier molecular flexibility index (Phi) is 5.25. The van der Waals surface area contributed by atoms with Gasteiger partial charge in [-0.3, -0.25) is 0 Å². The van der Waals surface area contributed by atoms with Crippen LogP contribution in [-0.2, 0) is 10.0 Å². The van der Waals surface area contributed by atoms with Crippen molar-refractivity contribution in [1.29, 1.82) is 0 Å². The fourth-order valence-corrected chi connectivity index (χ4v) is 2.14. The Labute approximate surface area is 111 Å². The Bertz CT molecular complexity index is 532. The molecular formula is C12H17F2NO3S. The van der Waals surface area contributed by atoms with E-state index in [-0.39, 0.29) is 16.6 Å². The Morgan fingerprint density at radius 3 is 2.47 bits per heavy atom. The lowest BCUT2D eigenvalue weighted by molar-refractivity contribution is 0.0812. The first-order valence-corrected chi connectivity index (χ1v) is 7.38. The fraction of sp³-hybridized carbons (Fsp3) is 0.500. The third-order valence-corrected chi connectivity index (χ3v) is 3.73. The van der Waals surface area contributed by atoms with E-state index in [1.54, 1.807) is 0 Å². The van der Waals surface area contributed by atoms with Gasteiger partial charge in [-0.2, -0.15) is 0 Å². The molecule has 0 spiro atoms. The molecule has 108 valence electrons. The Morgan fingerprint density at radius 1 is 1.37 bits per heavy atom. The van der Waals surface area contributed by atoms with Gasteiger partial charge in [-0.25, -0.2) is 22.3 Å². The van der Waals surface area contributed by atoms with Gasteiger partial charge in [0.2, 0.25) is 10.0 Å². The molecule has 0 aliphatic heterocycles. The number of rotatable bonds is 6. The molecule has 2 N–H and O–H groups in total. The van der Waals surface area contributed by atoms with Crippen LogP contribution in [-0.4, -0.2) is 21.5 Å². The first-order chi connectivity index (χ1) is 8.75. The zero-order chi connectivity index (χ0) is 14.6. The summed E-state index contributed by atoms with van der Waals surface area (Å²) >= 11 is 0. The minimum absolute atomic E-state index is 0.0191. The van der Waals surface area contributed by atoms with Crippen LogP contribution in [0.15, 0.2) is 23.1 Å². The molecule has 1 aromatic rings. The van der Waals surface area contributed by atoms with Gasteiger partial charge < -0.3 is 4.74 Å². The molecule has 0 aromatic heterocycles. The van der Waals surface area contributed by atoms with Crippen LogP contribution < -0.4 is 9.88 Å². The maximum atomic E-state index is 12.2. The Hall–Kier alpha value is -1.21. The van der Waals surface area contributed by atoms with Crippen molar-refractivity contribution in [3.8, 4) is 5.75 Å². The van der Waals surface area contributed by atoms with Crippen LogP contribution in [0.5, 0.6) is 5.75 Å². The van der Waals surface area contributed by atoms with Crippen LogP contribution in [0, 0.1) is 0 Å². The summed E-state index contributed by atoms with van der Waals surface area (Å²) in [5, 5.41) is 5.05. The van der Waals surface area contributed by atoms with Gasteiger partial charge in [0, 0.05) is 0 Å². The highest BCUT2D eigenvalue weighted by Crippen LogP contribution is 2.31. The van der Waals surface area contributed by atoms with Gasteiger partial charge in [0.15, 0.2) is 0 Å². The molecule has 0 radical (unpaired) electrons. The molecule has 0 saturated heterocycles. The summed E-state index contributed by atoms with van der Waals surface area (Å²) in [5.74, 6) is 0.247. The van der Waals surface area contributed by atoms with E-state index in [1.807, 2.05) is 13.8 Å². The second-order valence-corrected chi connectivity index (χ2v) is 5.82. The number of nitrogens with two attached hydrogens (primary N) is 1. The van der Waals surface area contributed by atoms with Crippen LogP contribution >= 0.6 is 0 Å². The lowest BCUT2D eigenvalue weighted by atomic mass is 9.98. The van der Waals surface area contributed by atoms with Crippen molar-refractivity contribution in [3.05, 3.63) is 23.8 Å². The van der Waals surface area contributed by atoms with Crippen molar-refractivity contribution >= 4 is 10.0 Å². The quantitative estimate of drug-likeness (QED) is 0.876.